The van der Waals surface area contributed by atoms with Crippen LogP contribution < -0.4 is 4.90 Å². The molecule has 4 rings (SSSR count). The highest BCUT2D eigenvalue weighted by atomic mass is 16.5. The number of carbonyl (C=O) groups is 1. The van der Waals surface area contributed by atoms with Gasteiger partial charge in [-0.1, -0.05) is 0 Å². The molecule has 142 valence electrons. The number of azo groups is 1. The summed E-state index contributed by atoms with van der Waals surface area (Å²) in [5, 5.41) is 8.27. The Balaban J connectivity index is 1.61. The van der Waals surface area contributed by atoms with Gasteiger partial charge < -0.3 is 14.4 Å². The maximum Gasteiger partial charge on any atom is 0.336 e. The lowest BCUT2D eigenvalue weighted by Crippen LogP contribution is -2.36. The third-order valence-corrected chi connectivity index (χ3v) is 4.58. The van der Waals surface area contributed by atoms with Gasteiger partial charge in [-0.05, 0) is 13.8 Å². The zero-order chi connectivity index (χ0) is 18.9. The molecule has 0 aromatic carbocycles. The third kappa shape index (κ3) is 3.27. The van der Waals surface area contributed by atoms with Crippen molar-refractivity contribution in [1.29, 1.82) is 0 Å². The Morgan fingerprint density at radius 1 is 1.33 bits per heavy atom. The van der Waals surface area contributed by atoms with Crippen molar-refractivity contribution in [1.82, 2.24) is 19.5 Å². The average molecular weight is 371 g/mol. The first-order chi connectivity index (χ1) is 13.1. The normalized spacial score (nSPS) is 24.1. The van der Waals surface area contributed by atoms with E-state index in [0.717, 1.165) is 24.4 Å². The Bertz CT molecular complexity index is 916. The minimum atomic E-state index is -0.980. The fourth-order valence-electron chi connectivity index (χ4n) is 3.17. The SMILES string of the molecule is CCOC(=O)C1(C)C/C(=C\n2cnc3c(N4CCOCC4)ncnc32)N=N1. The zero-order valence-corrected chi connectivity index (χ0v) is 15.3. The van der Waals surface area contributed by atoms with Crippen molar-refractivity contribution in [3.05, 3.63) is 18.4 Å². The molecule has 1 atom stereocenters. The van der Waals surface area contributed by atoms with E-state index < -0.39 is 5.54 Å². The molecule has 10 nitrogen and oxygen atoms in total. The maximum absolute atomic E-state index is 12.1. The molecule has 0 bridgehead atoms. The fourth-order valence-corrected chi connectivity index (χ4v) is 3.17. The number of hydrogen-bond donors (Lipinski definition) is 0. The Kier molecular flexibility index (Phi) is 4.56. The lowest BCUT2D eigenvalue weighted by atomic mass is 9.99. The van der Waals surface area contributed by atoms with Gasteiger partial charge in [0.1, 0.15) is 12.7 Å². The van der Waals surface area contributed by atoms with Crippen molar-refractivity contribution >= 4 is 29.2 Å². The molecule has 2 aliphatic heterocycles. The van der Waals surface area contributed by atoms with Gasteiger partial charge in [0, 0.05) is 25.7 Å². The van der Waals surface area contributed by atoms with Crippen LogP contribution in [0, 0.1) is 0 Å². The lowest BCUT2D eigenvalue weighted by molar-refractivity contribution is -0.148. The molecular weight excluding hydrogens is 350 g/mol. The molecule has 0 amide bonds. The van der Waals surface area contributed by atoms with Crippen molar-refractivity contribution in [2.24, 2.45) is 10.2 Å². The summed E-state index contributed by atoms with van der Waals surface area (Å²) >= 11 is 0. The summed E-state index contributed by atoms with van der Waals surface area (Å²) in [6, 6.07) is 0. The molecule has 2 aromatic rings. The first kappa shape index (κ1) is 17.5. The van der Waals surface area contributed by atoms with E-state index in [-0.39, 0.29) is 5.97 Å². The van der Waals surface area contributed by atoms with E-state index in [9.17, 15) is 4.79 Å². The number of imidazole rings is 1. The van der Waals surface area contributed by atoms with Gasteiger partial charge in [-0.15, -0.1) is 0 Å². The van der Waals surface area contributed by atoms with Crippen molar-refractivity contribution in [2.45, 2.75) is 25.8 Å². The molecule has 0 aliphatic carbocycles. The van der Waals surface area contributed by atoms with Gasteiger partial charge >= 0.3 is 5.97 Å². The van der Waals surface area contributed by atoms with Crippen LogP contribution in [0.1, 0.15) is 20.3 Å². The monoisotopic (exact) mass is 371 g/mol. The minimum Gasteiger partial charge on any atom is -0.464 e. The van der Waals surface area contributed by atoms with E-state index in [4.69, 9.17) is 9.47 Å². The standard InChI is InChI=1S/C17H21N7O3/c1-3-27-16(25)17(2)8-12(21-22-17)9-24-11-20-13-14(18-10-19-15(13)24)23-4-6-26-7-5-23/h9-11H,3-8H2,1-2H3/b12-9+. The fraction of sp³-hybridized carbons (Fsp3) is 0.529. The van der Waals surface area contributed by atoms with Crippen molar-refractivity contribution in [3.8, 4) is 0 Å². The van der Waals surface area contributed by atoms with Gasteiger partial charge in [0.05, 0.1) is 25.5 Å². The molecule has 2 aliphatic rings. The van der Waals surface area contributed by atoms with Gasteiger partial charge in [-0.25, -0.2) is 19.7 Å². The second-order valence-electron chi connectivity index (χ2n) is 6.61. The Morgan fingerprint density at radius 2 is 2.15 bits per heavy atom. The molecule has 0 N–H and O–H groups in total. The molecule has 1 fully saturated rings. The topological polar surface area (TPSA) is 107 Å². The highest BCUT2D eigenvalue weighted by molar-refractivity contribution is 5.85. The number of esters is 1. The summed E-state index contributed by atoms with van der Waals surface area (Å²) in [6.07, 6.45) is 5.36. The van der Waals surface area contributed by atoms with Crippen LogP contribution in [0.5, 0.6) is 0 Å². The molecule has 10 heteroatoms. The van der Waals surface area contributed by atoms with Crippen molar-refractivity contribution in [3.63, 3.8) is 0 Å². The van der Waals surface area contributed by atoms with Crippen molar-refractivity contribution in [2.75, 3.05) is 37.8 Å². The molecule has 0 spiro atoms. The largest absolute Gasteiger partial charge is 0.464 e. The number of aromatic nitrogens is 4. The van der Waals surface area contributed by atoms with E-state index in [1.54, 1.807) is 30.9 Å². The molecule has 27 heavy (non-hydrogen) atoms. The van der Waals surface area contributed by atoms with Crippen molar-refractivity contribution < 1.29 is 14.3 Å². The van der Waals surface area contributed by atoms with Crippen LogP contribution in [-0.4, -0.2) is 63.9 Å². The smallest absolute Gasteiger partial charge is 0.336 e. The molecule has 0 radical (unpaired) electrons. The predicted octanol–water partition coefficient (Wildman–Crippen LogP) is 1.64. The van der Waals surface area contributed by atoms with Crippen LogP contribution >= 0.6 is 0 Å². The van der Waals surface area contributed by atoms with Crippen LogP contribution in [-0.2, 0) is 14.3 Å². The Morgan fingerprint density at radius 3 is 2.93 bits per heavy atom. The number of hydrogen-bond acceptors (Lipinski definition) is 9. The first-order valence-electron chi connectivity index (χ1n) is 8.92. The number of rotatable bonds is 4. The molecular formula is C17H21N7O3. The predicted molar refractivity (Wildman–Crippen MR) is 97.1 cm³/mol. The van der Waals surface area contributed by atoms with Gasteiger partial charge in [-0.3, -0.25) is 4.57 Å². The molecule has 2 aromatic heterocycles. The molecule has 1 unspecified atom stereocenters. The van der Waals surface area contributed by atoms with Crippen LogP contribution in [0.4, 0.5) is 5.82 Å². The molecule has 0 saturated carbocycles. The summed E-state index contributed by atoms with van der Waals surface area (Å²) in [5.74, 6) is 0.425. The lowest BCUT2D eigenvalue weighted by Gasteiger charge is -2.27. The summed E-state index contributed by atoms with van der Waals surface area (Å²) in [6.45, 7) is 6.69. The Labute approximate surface area is 155 Å². The van der Waals surface area contributed by atoms with E-state index >= 15 is 0 Å². The summed E-state index contributed by atoms with van der Waals surface area (Å²) < 4.78 is 12.3. The molecule has 4 heterocycles. The zero-order valence-electron chi connectivity index (χ0n) is 15.3. The summed E-state index contributed by atoms with van der Waals surface area (Å²) in [5.41, 5.74) is 1.08. The highest BCUT2D eigenvalue weighted by Crippen LogP contribution is 2.32. The van der Waals surface area contributed by atoms with Gasteiger partial charge in [0.25, 0.3) is 0 Å². The van der Waals surface area contributed by atoms with E-state index in [1.807, 2.05) is 0 Å². The minimum absolute atomic E-state index is 0.316. The van der Waals surface area contributed by atoms with E-state index in [0.29, 0.717) is 37.6 Å². The maximum atomic E-state index is 12.1. The number of nitrogens with zero attached hydrogens (tertiary/aromatic N) is 7. The third-order valence-electron chi connectivity index (χ3n) is 4.58. The second kappa shape index (κ2) is 7.03. The Hall–Kier alpha value is -2.88. The van der Waals surface area contributed by atoms with Crippen LogP contribution in [0.25, 0.3) is 17.4 Å². The average Bonchev–Trinajstić information content (AvgIpc) is 3.27. The van der Waals surface area contributed by atoms with Crippen LogP contribution in [0.3, 0.4) is 0 Å². The number of carbonyl (C=O) groups excluding carboxylic acids is 1. The number of fused-ring (bicyclic) bond motifs is 1. The summed E-state index contributed by atoms with van der Waals surface area (Å²) in [4.78, 5) is 27.5. The van der Waals surface area contributed by atoms with Crippen LogP contribution in [0.2, 0.25) is 0 Å². The number of morpholine rings is 1. The number of ether oxygens (including phenoxy) is 2. The highest BCUT2D eigenvalue weighted by Gasteiger charge is 2.40. The van der Waals surface area contributed by atoms with Gasteiger partial charge in [0.15, 0.2) is 22.5 Å². The second-order valence-corrected chi connectivity index (χ2v) is 6.61. The quantitative estimate of drug-likeness (QED) is 0.752. The van der Waals surface area contributed by atoms with E-state index in [2.05, 4.69) is 30.1 Å². The van der Waals surface area contributed by atoms with Gasteiger partial charge in [-0.2, -0.15) is 10.2 Å². The first-order valence-corrected chi connectivity index (χ1v) is 8.92. The van der Waals surface area contributed by atoms with Crippen LogP contribution in [0.15, 0.2) is 28.6 Å². The number of anilines is 1. The summed E-state index contributed by atoms with van der Waals surface area (Å²) in [7, 11) is 0. The molecule has 1 saturated heterocycles. The van der Waals surface area contributed by atoms with Gasteiger partial charge in [0.2, 0.25) is 0 Å². The van der Waals surface area contributed by atoms with E-state index in [1.165, 1.54) is 6.33 Å².